The molecule has 0 fully saturated rings. The van der Waals surface area contributed by atoms with Crippen molar-refractivity contribution in [3.63, 3.8) is 0 Å². The van der Waals surface area contributed by atoms with Crippen molar-refractivity contribution in [3.8, 4) is 5.75 Å². The quantitative estimate of drug-likeness (QED) is 0.0219. The van der Waals surface area contributed by atoms with Crippen molar-refractivity contribution < 1.29 is 57.4 Å². The van der Waals surface area contributed by atoms with Gasteiger partial charge in [-0.05, 0) is 80.8 Å². The van der Waals surface area contributed by atoms with Crippen molar-refractivity contribution >= 4 is 35.0 Å². The van der Waals surface area contributed by atoms with Gasteiger partial charge in [-0.15, -0.1) is 11.3 Å². The Bertz CT molecular complexity index is 1990. The number of aromatic hydroxyl groups is 1. The Morgan fingerprint density at radius 3 is 1.81 bits per heavy atom. The molecule has 1 aromatic carbocycles. The molecule has 8 atom stereocenters. The second-order valence-electron chi connectivity index (χ2n) is 20.3. The molecule has 4 N–H and O–H groups in total. The van der Waals surface area contributed by atoms with Crippen LogP contribution in [-0.4, -0.2) is 187 Å². The number of phenolic OH excluding ortho intramolecular Hbond substituents is 1. The summed E-state index contributed by atoms with van der Waals surface area (Å²) >= 11 is 1.34. The van der Waals surface area contributed by atoms with Gasteiger partial charge >= 0.3 is 0 Å². The second kappa shape index (κ2) is 41.5. The number of carbonyl (C=O) groups excluding carboxylic acids is 4. The van der Waals surface area contributed by atoms with Crippen LogP contribution in [0.1, 0.15) is 128 Å². The zero-order valence-corrected chi connectivity index (χ0v) is 49.7. The lowest BCUT2D eigenvalue weighted by atomic mass is 9.91. The molecular weight excluding hydrogens is 1020 g/mol. The SMILES string of the molecule is CCCO[C@H](C[C@H](C(C)C)N(CCC)C(=O)[C@@H](NC(=O)[C@@H]([C@@H](C)CC)N(C)C)[C@@H](C)CC)c1nc(C(=O)N[C@@H](Cc2ccc(O)cc2)C[C@H](C)C(=O)NCCOCCOCCOCCOCCOCCOCCN=[N+]=[N-])cs1. The van der Waals surface area contributed by atoms with Crippen molar-refractivity contribution in [2.75, 3.05) is 120 Å². The number of hydrogen-bond donors (Lipinski definition) is 4. The average Bonchev–Trinajstić information content (AvgIpc) is 3.93. The Kier molecular flexibility index (Phi) is 37.1. The number of hydrogen-bond acceptors (Lipinski definition) is 16. The largest absolute Gasteiger partial charge is 0.508 e. The van der Waals surface area contributed by atoms with E-state index in [-0.39, 0.29) is 64.9 Å². The fourth-order valence-electron chi connectivity index (χ4n) is 8.70. The molecule has 0 unspecified atom stereocenters. The standard InChI is InChI=1S/C56H97N9O12S/c1-12-22-65(56(70)50(41(7)14-3)62-54(69)51(64(10)11)42(8)15-4)48(40(5)6)38-49(77-23-13-2)55-61-47(39-78-55)53(68)60-45(37-44-16-18-46(66)19-17-44)36-43(9)52(67)58-20-24-71-26-28-73-30-32-75-34-35-76-33-31-74-29-27-72-25-21-59-63-57/h16-19,39-43,45,48-51,66H,12-15,20-38H2,1-11H3,(H,58,67)(H,60,68)(H,62,69)/t41-,42-,43-,45+,48+,49+,50-,51+/m0/s1. The lowest BCUT2D eigenvalue weighted by Crippen LogP contribution is -2.59. The number of nitrogens with one attached hydrogen (secondary N) is 3. The predicted molar refractivity (Wildman–Crippen MR) is 303 cm³/mol. The molecule has 78 heavy (non-hydrogen) atoms. The predicted octanol–water partition coefficient (Wildman–Crippen LogP) is 7.37. The number of ether oxygens (including phenoxy) is 7. The van der Waals surface area contributed by atoms with E-state index in [9.17, 15) is 24.3 Å². The van der Waals surface area contributed by atoms with Crippen LogP contribution in [0.3, 0.4) is 0 Å². The molecule has 0 saturated carbocycles. The highest BCUT2D eigenvalue weighted by Crippen LogP contribution is 2.32. The molecule has 0 radical (unpaired) electrons. The highest BCUT2D eigenvalue weighted by Gasteiger charge is 2.38. The average molecular weight is 1120 g/mol. The molecule has 4 amide bonds. The number of rotatable bonds is 46. The van der Waals surface area contributed by atoms with E-state index in [0.29, 0.717) is 136 Å². The fraction of sp³-hybridized carbons (Fsp3) is 0.768. The van der Waals surface area contributed by atoms with E-state index in [1.54, 1.807) is 29.6 Å². The van der Waals surface area contributed by atoms with Gasteiger partial charge in [0.2, 0.25) is 17.7 Å². The molecule has 21 nitrogen and oxygen atoms in total. The first-order valence-electron chi connectivity index (χ1n) is 28.2. The van der Waals surface area contributed by atoms with Gasteiger partial charge in [-0.1, -0.05) is 92.4 Å². The molecule has 0 aliphatic carbocycles. The fourth-order valence-corrected chi connectivity index (χ4v) is 9.56. The van der Waals surface area contributed by atoms with Crippen LogP contribution in [0.25, 0.3) is 10.4 Å². The first kappa shape index (κ1) is 69.6. The van der Waals surface area contributed by atoms with Crippen LogP contribution in [0, 0.1) is 23.7 Å². The van der Waals surface area contributed by atoms with Gasteiger partial charge in [0.1, 0.15) is 28.6 Å². The van der Waals surface area contributed by atoms with E-state index < -0.39 is 24.1 Å². The number of nitrogens with zero attached hydrogens (tertiary/aromatic N) is 6. The van der Waals surface area contributed by atoms with Crippen molar-refractivity contribution in [1.82, 2.24) is 30.7 Å². The first-order chi connectivity index (χ1) is 37.5. The van der Waals surface area contributed by atoms with E-state index in [1.165, 1.54) is 11.3 Å². The summed E-state index contributed by atoms with van der Waals surface area (Å²) in [5.41, 5.74) is 9.33. The minimum atomic E-state index is -0.711. The van der Waals surface area contributed by atoms with Gasteiger partial charge in [0.05, 0.1) is 85.3 Å². The number of benzene rings is 1. The van der Waals surface area contributed by atoms with Crippen molar-refractivity contribution in [1.29, 1.82) is 0 Å². The molecule has 444 valence electrons. The van der Waals surface area contributed by atoms with E-state index in [0.717, 1.165) is 24.8 Å². The number of aromatic nitrogens is 1. The van der Waals surface area contributed by atoms with Gasteiger partial charge in [0.15, 0.2) is 0 Å². The zero-order valence-electron chi connectivity index (χ0n) is 48.9. The molecule has 0 aliphatic rings. The number of thiazole rings is 1. The van der Waals surface area contributed by atoms with Crippen LogP contribution >= 0.6 is 11.3 Å². The Labute approximate surface area is 469 Å². The summed E-state index contributed by atoms with van der Waals surface area (Å²) in [5, 5.41) is 25.0. The summed E-state index contributed by atoms with van der Waals surface area (Å²) in [6.45, 7) is 24.6. The number of amides is 4. The summed E-state index contributed by atoms with van der Waals surface area (Å²) in [6, 6.07) is 4.97. The number of likely N-dealkylation sites (N-methyl/N-ethyl adjacent to an activating group) is 1. The molecule has 1 heterocycles. The molecule has 1 aromatic heterocycles. The molecule has 0 saturated heterocycles. The lowest BCUT2D eigenvalue weighted by Gasteiger charge is -2.40. The van der Waals surface area contributed by atoms with Crippen molar-refractivity contribution in [3.05, 3.63) is 56.4 Å². The van der Waals surface area contributed by atoms with E-state index in [2.05, 4.69) is 53.7 Å². The third-order valence-corrected chi connectivity index (χ3v) is 14.3. The second-order valence-corrected chi connectivity index (χ2v) is 21.2. The zero-order chi connectivity index (χ0) is 57.7. The Morgan fingerprint density at radius 1 is 0.731 bits per heavy atom. The summed E-state index contributed by atoms with van der Waals surface area (Å²) in [7, 11) is 3.80. The van der Waals surface area contributed by atoms with Crippen molar-refractivity contribution in [2.24, 2.45) is 28.8 Å². The first-order valence-corrected chi connectivity index (χ1v) is 29.1. The molecule has 22 heteroatoms. The summed E-state index contributed by atoms with van der Waals surface area (Å²) < 4.78 is 39.4. The normalized spacial score (nSPS) is 14.7. The molecule has 0 spiro atoms. The van der Waals surface area contributed by atoms with Gasteiger partial charge in [-0.25, -0.2) is 4.98 Å². The van der Waals surface area contributed by atoms with E-state index >= 15 is 0 Å². The Balaban J connectivity index is 2.02. The summed E-state index contributed by atoms with van der Waals surface area (Å²) in [5.74, 6) is -1.15. The van der Waals surface area contributed by atoms with Gasteiger partial charge in [-0.3, -0.25) is 24.1 Å². The minimum absolute atomic E-state index is 0.0292. The number of phenols is 1. The van der Waals surface area contributed by atoms with Crippen LogP contribution in [0.5, 0.6) is 5.75 Å². The Hall–Kier alpha value is -4.48. The number of azide groups is 1. The maximum Gasteiger partial charge on any atom is 0.270 e. The summed E-state index contributed by atoms with van der Waals surface area (Å²) in [4.78, 5) is 67.6. The number of carbonyl (C=O) groups is 4. The maximum atomic E-state index is 14.9. The highest BCUT2D eigenvalue weighted by atomic mass is 32.1. The van der Waals surface area contributed by atoms with Crippen LogP contribution in [0.4, 0.5) is 0 Å². The van der Waals surface area contributed by atoms with Gasteiger partial charge in [0, 0.05) is 61.0 Å². The Morgan fingerprint density at radius 2 is 1.29 bits per heavy atom. The van der Waals surface area contributed by atoms with Crippen LogP contribution in [0.15, 0.2) is 34.8 Å². The molecular formula is C56H97N9O12S. The van der Waals surface area contributed by atoms with Gasteiger partial charge < -0.3 is 59.1 Å². The molecule has 0 bridgehead atoms. The third kappa shape index (κ3) is 27.6. The monoisotopic (exact) mass is 1120 g/mol. The van der Waals surface area contributed by atoms with Crippen molar-refractivity contribution in [2.45, 2.75) is 138 Å². The van der Waals surface area contributed by atoms with Crippen LogP contribution < -0.4 is 16.0 Å². The summed E-state index contributed by atoms with van der Waals surface area (Å²) in [6.07, 6.45) is 3.68. The van der Waals surface area contributed by atoms with E-state index in [1.807, 2.05) is 58.5 Å². The van der Waals surface area contributed by atoms with Crippen LogP contribution in [0.2, 0.25) is 0 Å². The minimum Gasteiger partial charge on any atom is -0.508 e. The smallest absolute Gasteiger partial charge is 0.270 e. The highest BCUT2D eigenvalue weighted by molar-refractivity contribution is 7.09. The van der Waals surface area contributed by atoms with E-state index in [4.69, 9.17) is 43.7 Å². The maximum absolute atomic E-state index is 14.9. The van der Waals surface area contributed by atoms with Crippen LogP contribution in [-0.2, 0) is 54.0 Å². The van der Waals surface area contributed by atoms with Gasteiger partial charge in [-0.2, -0.15) is 0 Å². The van der Waals surface area contributed by atoms with Gasteiger partial charge in [0.25, 0.3) is 5.91 Å². The molecule has 0 aliphatic heterocycles. The lowest BCUT2D eigenvalue weighted by molar-refractivity contribution is -0.143. The molecule has 2 aromatic rings. The third-order valence-electron chi connectivity index (χ3n) is 13.4. The molecule has 2 rings (SSSR count). The topological polar surface area (TPSA) is 257 Å².